The van der Waals surface area contributed by atoms with Gasteiger partial charge < -0.3 is 0 Å². The van der Waals surface area contributed by atoms with Gasteiger partial charge in [-0.05, 0) is 42.3 Å². The molecule has 0 aliphatic heterocycles. The molecule has 20 heavy (non-hydrogen) atoms. The third-order valence-electron chi connectivity index (χ3n) is 3.56. The second-order valence-electron chi connectivity index (χ2n) is 5.04. The van der Waals surface area contributed by atoms with Gasteiger partial charge >= 0.3 is 0 Å². The summed E-state index contributed by atoms with van der Waals surface area (Å²) in [6, 6.07) is 18.7. The summed E-state index contributed by atoms with van der Waals surface area (Å²) in [6.45, 7) is 7.14. The van der Waals surface area contributed by atoms with Crippen molar-refractivity contribution in [2.24, 2.45) is 0 Å². The molecule has 0 saturated carbocycles. The Bertz CT molecular complexity index is 597. The number of benzene rings is 2. The monoisotopic (exact) mass is 264 g/mol. The van der Waals surface area contributed by atoms with E-state index in [0.717, 1.165) is 25.2 Å². The third kappa shape index (κ3) is 3.69. The first-order chi connectivity index (χ1) is 9.72. The molecule has 0 spiro atoms. The lowest BCUT2D eigenvalue weighted by Gasteiger charge is -2.21. The van der Waals surface area contributed by atoms with Crippen molar-refractivity contribution in [2.75, 3.05) is 6.54 Å². The van der Waals surface area contributed by atoms with E-state index in [1.807, 2.05) is 18.2 Å². The molecule has 0 aromatic heterocycles. The molecule has 0 heterocycles. The molecule has 0 bridgehead atoms. The number of hydrogen-bond acceptors (Lipinski definition) is 2. The van der Waals surface area contributed by atoms with Gasteiger partial charge in [-0.3, -0.25) is 4.90 Å². The van der Waals surface area contributed by atoms with E-state index >= 15 is 0 Å². The summed E-state index contributed by atoms with van der Waals surface area (Å²) < 4.78 is 0. The van der Waals surface area contributed by atoms with Crippen molar-refractivity contribution in [2.45, 2.75) is 26.9 Å². The highest BCUT2D eigenvalue weighted by molar-refractivity contribution is 5.37. The molecular formula is C18H20N2. The van der Waals surface area contributed by atoms with Crippen molar-refractivity contribution in [1.29, 1.82) is 5.26 Å². The van der Waals surface area contributed by atoms with Gasteiger partial charge in [0.15, 0.2) is 0 Å². The zero-order chi connectivity index (χ0) is 14.4. The predicted octanol–water partition coefficient (Wildman–Crippen LogP) is 3.89. The smallest absolute Gasteiger partial charge is 0.0991 e. The third-order valence-corrected chi connectivity index (χ3v) is 3.56. The first-order valence-corrected chi connectivity index (χ1v) is 6.99. The molecule has 2 aromatic rings. The Morgan fingerprint density at radius 1 is 1.05 bits per heavy atom. The van der Waals surface area contributed by atoms with E-state index in [1.54, 1.807) is 0 Å². The number of rotatable bonds is 5. The van der Waals surface area contributed by atoms with E-state index in [9.17, 15) is 0 Å². The minimum absolute atomic E-state index is 0.734. The molecule has 2 aromatic carbocycles. The van der Waals surface area contributed by atoms with Gasteiger partial charge in [0, 0.05) is 13.1 Å². The van der Waals surface area contributed by atoms with Crippen molar-refractivity contribution < 1.29 is 0 Å². The standard InChI is InChI=1S/C18H20N2/c1-3-20(13-16-7-5-4-6-8-16)14-18-10-9-17(12-19)11-15(18)2/h4-11H,3,13-14H2,1-2H3. The van der Waals surface area contributed by atoms with Gasteiger partial charge in [0.1, 0.15) is 0 Å². The molecule has 2 nitrogen and oxygen atoms in total. The lowest BCUT2D eigenvalue weighted by molar-refractivity contribution is 0.271. The van der Waals surface area contributed by atoms with Crippen LogP contribution in [0.15, 0.2) is 48.5 Å². The SMILES string of the molecule is CCN(Cc1ccccc1)Cc1ccc(C#N)cc1C. The topological polar surface area (TPSA) is 27.0 Å². The van der Waals surface area contributed by atoms with E-state index in [0.29, 0.717) is 0 Å². The molecule has 0 fully saturated rings. The molecule has 2 heteroatoms. The van der Waals surface area contributed by atoms with Gasteiger partial charge in [-0.2, -0.15) is 5.26 Å². The van der Waals surface area contributed by atoms with Crippen LogP contribution in [0.4, 0.5) is 0 Å². The summed E-state index contributed by atoms with van der Waals surface area (Å²) in [5, 5.41) is 8.92. The Hall–Kier alpha value is -2.11. The number of aryl methyl sites for hydroxylation is 1. The Balaban J connectivity index is 2.09. The van der Waals surface area contributed by atoms with E-state index in [2.05, 4.69) is 55.1 Å². The van der Waals surface area contributed by atoms with E-state index in [1.165, 1.54) is 16.7 Å². The van der Waals surface area contributed by atoms with Crippen LogP contribution < -0.4 is 0 Å². The molecule has 0 aliphatic rings. The average Bonchev–Trinajstić information content (AvgIpc) is 2.49. The first-order valence-electron chi connectivity index (χ1n) is 6.99. The predicted molar refractivity (Wildman–Crippen MR) is 82.1 cm³/mol. The van der Waals surface area contributed by atoms with Crippen LogP contribution in [0.1, 0.15) is 29.2 Å². The Kier molecular flexibility index (Phi) is 4.92. The largest absolute Gasteiger partial charge is 0.295 e. The average molecular weight is 264 g/mol. The van der Waals surface area contributed by atoms with E-state index < -0.39 is 0 Å². The van der Waals surface area contributed by atoms with Crippen LogP contribution in [0.25, 0.3) is 0 Å². The van der Waals surface area contributed by atoms with Crippen LogP contribution in [0.3, 0.4) is 0 Å². The van der Waals surface area contributed by atoms with Gasteiger partial charge in [0.2, 0.25) is 0 Å². The van der Waals surface area contributed by atoms with Gasteiger partial charge in [-0.25, -0.2) is 0 Å². The molecule has 102 valence electrons. The van der Waals surface area contributed by atoms with Crippen molar-refractivity contribution in [3.05, 3.63) is 70.8 Å². The molecule has 0 N–H and O–H groups in total. The number of nitrogens with zero attached hydrogens (tertiary/aromatic N) is 2. The Morgan fingerprint density at radius 2 is 1.80 bits per heavy atom. The fraction of sp³-hybridized carbons (Fsp3) is 0.278. The van der Waals surface area contributed by atoms with Crippen LogP contribution in [0.2, 0.25) is 0 Å². The Labute approximate surface area is 121 Å². The van der Waals surface area contributed by atoms with Crippen molar-refractivity contribution in [3.63, 3.8) is 0 Å². The second-order valence-corrected chi connectivity index (χ2v) is 5.04. The first kappa shape index (κ1) is 14.3. The van der Waals surface area contributed by atoms with Crippen molar-refractivity contribution in [1.82, 2.24) is 4.90 Å². The minimum Gasteiger partial charge on any atom is -0.295 e. The molecule has 0 unspecified atom stereocenters. The summed E-state index contributed by atoms with van der Waals surface area (Å²) in [7, 11) is 0. The van der Waals surface area contributed by atoms with Gasteiger partial charge in [-0.15, -0.1) is 0 Å². The lowest BCUT2D eigenvalue weighted by atomic mass is 10.0. The lowest BCUT2D eigenvalue weighted by Crippen LogP contribution is -2.22. The quantitative estimate of drug-likeness (QED) is 0.819. The van der Waals surface area contributed by atoms with Crippen molar-refractivity contribution >= 4 is 0 Å². The van der Waals surface area contributed by atoms with Crippen LogP contribution >= 0.6 is 0 Å². The van der Waals surface area contributed by atoms with Gasteiger partial charge in [0.25, 0.3) is 0 Å². The highest BCUT2D eigenvalue weighted by atomic mass is 15.1. The maximum Gasteiger partial charge on any atom is 0.0991 e. The van der Waals surface area contributed by atoms with Crippen LogP contribution in [-0.4, -0.2) is 11.4 Å². The van der Waals surface area contributed by atoms with Gasteiger partial charge in [0.05, 0.1) is 11.6 Å². The van der Waals surface area contributed by atoms with Crippen LogP contribution in [-0.2, 0) is 13.1 Å². The van der Waals surface area contributed by atoms with E-state index in [4.69, 9.17) is 5.26 Å². The molecule has 0 amide bonds. The second kappa shape index (κ2) is 6.88. The summed E-state index contributed by atoms with van der Waals surface area (Å²) in [5.74, 6) is 0. The summed E-state index contributed by atoms with van der Waals surface area (Å²) in [6.07, 6.45) is 0. The maximum atomic E-state index is 8.92. The molecule has 0 atom stereocenters. The highest BCUT2D eigenvalue weighted by Gasteiger charge is 2.07. The normalized spacial score (nSPS) is 10.5. The maximum absolute atomic E-state index is 8.92. The van der Waals surface area contributed by atoms with Crippen molar-refractivity contribution in [3.8, 4) is 6.07 Å². The van der Waals surface area contributed by atoms with E-state index in [-0.39, 0.29) is 0 Å². The molecule has 0 saturated heterocycles. The van der Waals surface area contributed by atoms with Gasteiger partial charge in [-0.1, -0.05) is 43.3 Å². The summed E-state index contributed by atoms with van der Waals surface area (Å²) in [5.41, 5.74) is 4.55. The minimum atomic E-state index is 0.734. The highest BCUT2D eigenvalue weighted by Crippen LogP contribution is 2.15. The number of nitriles is 1. The van der Waals surface area contributed by atoms with Crippen LogP contribution in [0, 0.1) is 18.3 Å². The van der Waals surface area contributed by atoms with Crippen LogP contribution in [0.5, 0.6) is 0 Å². The zero-order valence-electron chi connectivity index (χ0n) is 12.1. The Morgan fingerprint density at radius 3 is 2.40 bits per heavy atom. The number of hydrogen-bond donors (Lipinski definition) is 0. The molecule has 0 aliphatic carbocycles. The molecular weight excluding hydrogens is 244 g/mol. The fourth-order valence-corrected chi connectivity index (χ4v) is 2.30. The molecule has 2 rings (SSSR count). The zero-order valence-corrected chi connectivity index (χ0v) is 12.1. The summed E-state index contributed by atoms with van der Waals surface area (Å²) in [4.78, 5) is 2.41. The molecule has 0 radical (unpaired) electrons. The fourth-order valence-electron chi connectivity index (χ4n) is 2.30. The summed E-state index contributed by atoms with van der Waals surface area (Å²) >= 11 is 0.